The molecule has 28 heavy (non-hydrogen) atoms. The molecule has 1 aromatic heterocycles. The summed E-state index contributed by atoms with van der Waals surface area (Å²) in [5.74, 6) is 0.292. The van der Waals surface area contributed by atoms with Crippen molar-refractivity contribution in [3.8, 4) is 11.3 Å². The van der Waals surface area contributed by atoms with Crippen LogP contribution in [0.5, 0.6) is 0 Å². The first-order valence-electron chi connectivity index (χ1n) is 9.36. The van der Waals surface area contributed by atoms with E-state index in [9.17, 15) is 4.79 Å². The van der Waals surface area contributed by atoms with Gasteiger partial charge in [0, 0.05) is 36.7 Å². The number of nitrogens with one attached hydrogen (secondary N) is 1. The molecular weight excluding hydrogens is 350 g/mol. The third kappa shape index (κ3) is 4.23. The molecule has 3 rings (SSSR count). The summed E-state index contributed by atoms with van der Waals surface area (Å²) in [6, 6.07) is 13.8. The second-order valence-electron chi connectivity index (χ2n) is 7.06. The van der Waals surface area contributed by atoms with Gasteiger partial charge in [-0.3, -0.25) is 4.79 Å². The van der Waals surface area contributed by atoms with Crippen LogP contribution in [0.3, 0.4) is 0 Å². The van der Waals surface area contributed by atoms with Crippen LogP contribution in [0, 0.1) is 6.92 Å². The van der Waals surface area contributed by atoms with Crippen LogP contribution >= 0.6 is 0 Å². The Bertz CT molecular complexity index is 1020. The molecule has 3 N–H and O–H groups in total. The number of hydrogen-bond acceptors (Lipinski definition) is 5. The highest BCUT2D eigenvalue weighted by Crippen LogP contribution is 2.26. The van der Waals surface area contributed by atoms with Gasteiger partial charge in [-0.25, -0.2) is 4.98 Å². The molecule has 0 amide bonds. The molecule has 0 bridgehead atoms. The van der Waals surface area contributed by atoms with E-state index < -0.39 is 0 Å². The molecule has 6 heteroatoms. The van der Waals surface area contributed by atoms with E-state index in [1.807, 2.05) is 37.3 Å². The van der Waals surface area contributed by atoms with Crippen molar-refractivity contribution in [2.75, 3.05) is 24.6 Å². The molecule has 2 aromatic carbocycles. The van der Waals surface area contributed by atoms with Gasteiger partial charge in [0.25, 0.3) is 5.56 Å². The van der Waals surface area contributed by atoms with Crippen molar-refractivity contribution < 1.29 is 0 Å². The quantitative estimate of drug-likeness (QED) is 0.643. The van der Waals surface area contributed by atoms with Gasteiger partial charge in [0.05, 0.1) is 5.69 Å². The predicted molar refractivity (Wildman–Crippen MR) is 116 cm³/mol. The number of anilines is 3. The number of benzene rings is 2. The minimum absolute atomic E-state index is 0.180. The Balaban J connectivity index is 1.91. The van der Waals surface area contributed by atoms with Gasteiger partial charge in [0.15, 0.2) is 5.82 Å². The maximum atomic E-state index is 12.6. The Morgan fingerprint density at radius 2 is 1.89 bits per heavy atom. The molecule has 0 aliphatic carbocycles. The molecule has 0 saturated carbocycles. The Hall–Kier alpha value is -3.12. The van der Waals surface area contributed by atoms with Gasteiger partial charge in [-0.2, -0.15) is 0 Å². The van der Waals surface area contributed by atoms with Crippen molar-refractivity contribution in [2.24, 2.45) is 7.05 Å². The average Bonchev–Trinajstić information content (AvgIpc) is 2.68. The second kappa shape index (κ2) is 8.27. The van der Waals surface area contributed by atoms with E-state index in [2.05, 4.69) is 41.3 Å². The first-order valence-corrected chi connectivity index (χ1v) is 9.36. The number of aromatic nitrogens is 2. The summed E-state index contributed by atoms with van der Waals surface area (Å²) in [6.45, 7) is 5.97. The molecule has 0 unspecified atom stereocenters. The minimum atomic E-state index is -0.180. The van der Waals surface area contributed by atoms with Gasteiger partial charge in [0.1, 0.15) is 0 Å². The van der Waals surface area contributed by atoms with Crippen molar-refractivity contribution in [2.45, 2.75) is 20.4 Å². The summed E-state index contributed by atoms with van der Waals surface area (Å²) in [7, 11) is 3.81. The molecule has 1 heterocycles. The maximum Gasteiger partial charge on any atom is 0.293 e. The molecule has 146 valence electrons. The molecule has 6 nitrogen and oxygen atoms in total. The highest BCUT2D eigenvalue weighted by Gasteiger charge is 2.11. The van der Waals surface area contributed by atoms with Crippen LogP contribution in [0.4, 0.5) is 17.2 Å². The van der Waals surface area contributed by atoms with E-state index in [0.717, 1.165) is 29.9 Å². The van der Waals surface area contributed by atoms with E-state index in [-0.39, 0.29) is 5.56 Å². The van der Waals surface area contributed by atoms with Crippen LogP contribution in [0.15, 0.2) is 53.5 Å². The van der Waals surface area contributed by atoms with E-state index in [0.29, 0.717) is 17.2 Å². The van der Waals surface area contributed by atoms with E-state index >= 15 is 0 Å². The summed E-state index contributed by atoms with van der Waals surface area (Å²) < 4.78 is 1.54. The van der Waals surface area contributed by atoms with Crippen LogP contribution < -0.4 is 16.6 Å². The first kappa shape index (κ1) is 19.6. The summed E-state index contributed by atoms with van der Waals surface area (Å²) >= 11 is 0. The van der Waals surface area contributed by atoms with Gasteiger partial charge in [-0.1, -0.05) is 31.2 Å². The number of hydrogen-bond donors (Lipinski definition) is 2. The largest absolute Gasteiger partial charge is 0.398 e. The molecule has 3 aromatic rings. The average molecular weight is 377 g/mol. The zero-order chi connectivity index (χ0) is 20.3. The second-order valence-corrected chi connectivity index (χ2v) is 7.06. The smallest absolute Gasteiger partial charge is 0.293 e. The summed E-state index contributed by atoms with van der Waals surface area (Å²) in [6.07, 6.45) is 1.74. The van der Waals surface area contributed by atoms with Gasteiger partial charge in [0.2, 0.25) is 0 Å². The minimum Gasteiger partial charge on any atom is -0.398 e. The third-order valence-corrected chi connectivity index (χ3v) is 4.93. The fourth-order valence-electron chi connectivity index (χ4n) is 3.00. The predicted octanol–water partition coefficient (Wildman–Crippen LogP) is 3.53. The first-order chi connectivity index (χ1) is 13.4. The number of aryl methyl sites for hydroxylation is 1. The lowest BCUT2D eigenvalue weighted by molar-refractivity contribution is 0.346. The zero-order valence-corrected chi connectivity index (χ0v) is 16.9. The third-order valence-electron chi connectivity index (χ3n) is 4.93. The molecule has 0 radical (unpaired) electrons. The number of nitrogens with zero attached hydrogens (tertiary/aromatic N) is 3. The van der Waals surface area contributed by atoms with Crippen molar-refractivity contribution in [3.05, 3.63) is 70.1 Å². The molecule has 0 saturated heterocycles. The van der Waals surface area contributed by atoms with Crippen molar-refractivity contribution in [1.82, 2.24) is 14.5 Å². The molecular formula is C22H27N5O. The van der Waals surface area contributed by atoms with Gasteiger partial charge < -0.3 is 20.5 Å². The molecule has 0 fully saturated rings. The standard InChI is InChI=1S/C22H27N5O/c1-5-26(3)13-16-9-11-17(12-10-16)24-21-22(28)27(4)14-20(25-21)18-7-6-8-19(23)15(18)2/h6-12,14H,5,13,23H2,1-4H3,(H,24,25). The monoisotopic (exact) mass is 377 g/mol. The highest BCUT2D eigenvalue weighted by molar-refractivity contribution is 5.71. The van der Waals surface area contributed by atoms with Crippen LogP contribution in [0.1, 0.15) is 18.1 Å². The van der Waals surface area contributed by atoms with Crippen LogP contribution in [-0.2, 0) is 13.6 Å². The zero-order valence-electron chi connectivity index (χ0n) is 16.9. The number of nitrogens with two attached hydrogens (primary N) is 1. The number of rotatable bonds is 6. The summed E-state index contributed by atoms with van der Waals surface area (Å²) in [5.41, 5.74) is 11.2. The lowest BCUT2D eigenvalue weighted by Gasteiger charge is -2.14. The Morgan fingerprint density at radius 3 is 2.57 bits per heavy atom. The van der Waals surface area contributed by atoms with Gasteiger partial charge in [-0.15, -0.1) is 0 Å². The summed E-state index contributed by atoms with van der Waals surface area (Å²) in [5, 5.41) is 3.16. The van der Waals surface area contributed by atoms with E-state index in [4.69, 9.17) is 5.73 Å². The fraction of sp³-hybridized carbons (Fsp3) is 0.273. The van der Waals surface area contributed by atoms with Crippen molar-refractivity contribution in [1.29, 1.82) is 0 Å². The van der Waals surface area contributed by atoms with E-state index in [1.54, 1.807) is 13.2 Å². The molecule has 0 atom stereocenters. The Labute approximate surface area is 165 Å². The van der Waals surface area contributed by atoms with Crippen LogP contribution in [0.2, 0.25) is 0 Å². The Kier molecular flexibility index (Phi) is 5.80. The van der Waals surface area contributed by atoms with Crippen LogP contribution in [-0.4, -0.2) is 28.0 Å². The SMILES string of the molecule is CCN(C)Cc1ccc(Nc2nc(-c3cccc(N)c3C)cn(C)c2=O)cc1. The lowest BCUT2D eigenvalue weighted by Crippen LogP contribution is -2.21. The highest BCUT2D eigenvalue weighted by atomic mass is 16.1. The topological polar surface area (TPSA) is 76.2 Å². The summed E-state index contributed by atoms with van der Waals surface area (Å²) in [4.78, 5) is 19.4. The maximum absolute atomic E-state index is 12.6. The molecule has 0 aliphatic heterocycles. The number of nitrogen functional groups attached to an aromatic ring is 1. The normalized spacial score (nSPS) is 11.0. The lowest BCUT2D eigenvalue weighted by atomic mass is 10.0. The van der Waals surface area contributed by atoms with Crippen LogP contribution in [0.25, 0.3) is 11.3 Å². The molecule has 0 aliphatic rings. The van der Waals surface area contributed by atoms with Crippen molar-refractivity contribution in [3.63, 3.8) is 0 Å². The molecule has 0 spiro atoms. The van der Waals surface area contributed by atoms with E-state index in [1.165, 1.54) is 10.1 Å². The fourth-order valence-corrected chi connectivity index (χ4v) is 3.00. The van der Waals surface area contributed by atoms with Gasteiger partial charge in [-0.05, 0) is 49.8 Å². The van der Waals surface area contributed by atoms with Crippen molar-refractivity contribution >= 4 is 17.2 Å². The van der Waals surface area contributed by atoms with Gasteiger partial charge >= 0.3 is 0 Å². The Morgan fingerprint density at radius 1 is 1.18 bits per heavy atom.